The molecule has 1 aromatic carbocycles. The van der Waals surface area contributed by atoms with E-state index in [1.54, 1.807) is 18.3 Å². The predicted molar refractivity (Wildman–Crippen MR) is 109 cm³/mol. The monoisotopic (exact) mass is 400 g/mol. The molecule has 3 heterocycles. The fourth-order valence-corrected chi connectivity index (χ4v) is 5.02. The minimum absolute atomic E-state index is 0.00109. The molecule has 148 valence electrons. The van der Waals surface area contributed by atoms with Crippen molar-refractivity contribution in [1.29, 1.82) is 0 Å². The molecule has 2 aromatic rings. The van der Waals surface area contributed by atoms with E-state index in [2.05, 4.69) is 0 Å². The van der Waals surface area contributed by atoms with Gasteiger partial charge in [0, 0.05) is 37.5 Å². The number of ether oxygens (including phenoxy) is 1. The van der Waals surface area contributed by atoms with Gasteiger partial charge in [0.25, 0.3) is 0 Å². The molecule has 2 fully saturated rings. The fourth-order valence-electron chi connectivity index (χ4n) is 3.84. The third kappa shape index (κ3) is 3.90. The van der Waals surface area contributed by atoms with E-state index >= 15 is 0 Å². The number of hydrogen-bond acceptors (Lipinski definition) is 5. The maximum absolute atomic E-state index is 13.1. The van der Waals surface area contributed by atoms with Crippen LogP contribution in [-0.4, -0.2) is 49.2 Å². The second-order valence-electron chi connectivity index (χ2n) is 7.09. The highest BCUT2D eigenvalue weighted by Gasteiger charge is 2.37. The topological polar surface area (TPSA) is 63.0 Å². The molecule has 1 aromatic heterocycles. The van der Waals surface area contributed by atoms with Crippen LogP contribution in [0.2, 0.25) is 0 Å². The maximum Gasteiger partial charge on any atom is 0.228 e. The first-order valence-electron chi connectivity index (χ1n) is 9.54. The van der Waals surface area contributed by atoms with E-state index in [9.17, 15) is 9.59 Å². The molecule has 28 heavy (non-hydrogen) atoms. The third-order valence-corrected chi connectivity index (χ3v) is 6.66. The Balaban J connectivity index is 1.39. The van der Waals surface area contributed by atoms with Crippen LogP contribution >= 0.6 is 11.8 Å². The molecule has 0 N–H and O–H groups in total. The Morgan fingerprint density at radius 2 is 2.04 bits per heavy atom. The number of amides is 2. The van der Waals surface area contributed by atoms with Crippen LogP contribution in [0.1, 0.15) is 23.9 Å². The molecule has 2 amide bonds. The van der Waals surface area contributed by atoms with Crippen molar-refractivity contribution in [3.8, 4) is 5.75 Å². The van der Waals surface area contributed by atoms with Gasteiger partial charge in [-0.3, -0.25) is 9.59 Å². The van der Waals surface area contributed by atoms with E-state index < -0.39 is 0 Å². The lowest BCUT2D eigenvalue weighted by Gasteiger charge is -2.24. The third-order valence-electron chi connectivity index (χ3n) is 5.37. The average molecular weight is 401 g/mol. The number of rotatable bonds is 4. The summed E-state index contributed by atoms with van der Waals surface area (Å²) < 4.78 is 10.7. The maximum atomic E-state index is 13.1. The van der Waals surface area contributed by atoms with E-state index in [0.29, 0.717) is 19.6 Å². The quantitative estimate of drug-likeness (QED) is 0.788. The van der Waals surface area contributed by atoms with E-state index in [-0.39, 0.29) is 29.4 Å². The molecule has 2 atom stereocenters. The summed E-state index contributed by atoms with van der Waals surface area (Å²) in [7, 11) is 1.61. The number of carbonyl (C=O) groups excluding carboxylic acids is 2. The number of methoxy groups -OCH3 is 1. The van der Waals surface area contributed by atoms with Gasteiger partial charge in [0.2, 0.25) is 11.8 Å². The van der Waals surface area contributed by atoms with Crippen molar-refractivity contribution in [3.63, 3.8) is 0 Å². The first-order chi connectivity index (χ1) is 13.7. The fraction of sp³-hybridized carbons (Fsp3) is 0.429. The van der Waals surface area contributed by atoms with Crippen molar-refractivity contribution in [2.75, 3.05) is 37.4 Å². The molecule has 4 rings (SSSR count). The zero-order valence-corrected chi connectivity index (χ0v) is 16.7. The Kier molecular flexibility index (Phi) is 5.62. The molecule has 2 aliphatic rings. The Morgan fingerprint density at radius 3 is 2.75 bits per heavy atom. The Morgan fingerprint density at radius 1 is 1.21 bits per heavy atom. The van der Waals surface area contributed by atoms with E-state index in [1.165, 1.54) is 0 Å². The van der Waals surface area contributed by atoms with Gasteiger partial charge in [-0.1, -0.05) is 0 Å². The van der Waals surface area contributed by atoms with Crippen LogP contribution in [-0.2, 0) is 9.59 Å². The smallest absolute Gasteiger partial charge is 0.228 e. The highest BCUT2D eigenvalue weighted by atomic mass is 32.2. The lowest BCUT2D eigenvalue weighted by atomic mass is 10.1. The Hall–Kier alpha value is -2.41. The second kappa shape index (κ2) is 8.31. The van der Waals surface area contributed by atoms with Gasteiger partial charge in [0.1, 0.15) is 11.5 Å². The highest BCUT2D eigenvalue weighted by Crippen LogP contribution is 2.35. The summed E-state index contributed by atoms with van der Waals surface area (Å²) in [6.45, 7) is 1.85. The number of furan rings is 1. The summed E-state index contributed by atoms with van der Waals surface area (Å²) in [6, 6.07) is 11.3. The van der Waals surface area contributed by atoms with Gasteiger partial charge in [-0.05, 0) is 42.8 Å². The molecule has 0 radical (unpaired) electrons. The molecule has 6 nitrogen and oxygen atoms in total. The van der Waals surface area contributed by atoms with Gasteiger partial charge in [0.05, 0.1) is 24.5 Å². The molecule has 7 heteroatoms. The van der Waals surface area contributed by atoms with E-state index in [4.69, 9.17) is 9.15 Å². The molecular weight excluding hydrogens is 376 g/mol. The summed E-state index contributed by atoms with van der Waals surface area (Å²) >= 11 is 1.83. The summed E-state index contributed by atoms with van der Waals surface area (Å²) in [5.41, 5.74) is 0.811. The molecule has 2 aliphatic heterocycles. The summed E-state index contributed by atoms with van der Waals surface area (Å²) in [4.78, 5) is 29.2. The molecule has 0 saturated carbocycles. The summed E-state index contributed by atoms with van der Waals surface area (Å²) in [6.07, 6.45) is 2.84. The minimum Gasteiger partial charge on any atom is -0.497 e. The van der Waals surface area contributed by atoms with Crippen LogP contribution in [0.4, 0.5) is 5.69 Å². The van der Waals surface area contributed by atoms with Gasteiger partial charge in [-0.2, -0.15) is 0 Å². The SMILES string of the molecule is COc1ccc(N2CC(C(=O)N3CCSC(c4ccco4)CC3)CC2=O)cc1. The molecular formula is C21H24N2O4S. The zero-order chi connectivity index (χ0) is 19.5. The predicted octanol–water partition coefficient (Wildman–Crippen LogP) is 3.35. The summed E-state index contributed by atoms with van der Waals surface area (Å²) in [5, 5.41) is 0.286. The molecule has 2 unspecified atom stereocenters. The normalized spacial score (nSPS) is 23.0. The van der Waals surface area contributed by atoms with Crippen molar-refractivity contribution in [2.24, 2.45) is 5.92 Å². The molecule has 0 bridgehead atoms. The first kappa shape index (κ1) is 18.9. The summed E-state index contributed by atoms with van der Waals surface area (Å²) in [5.74, 6) is 2.41. The van der Waals surface area contributed by atoms with Gasteiger partial charge >= 0.3 is 0 Å². The van der Waals surface area contributed by atoms with Gasteiger partial charge in [-0.25, -0.2) is 0 Å². The van der Waals surface area contributed by atoms with Crippen LogP contribution in [0.15, 0.2) is 47.1 Å². The number of carbonyl (C=O) groups is 2. The first-order valence-corrected chi connectivity index (χ1v) is 10.6. The lowest BCUT2D eigenvalue weighted by Crippen LogP contribution is -2.38. The van der Waals surface area contributed by atoms with Crippen molar-refractivity contribution in [1.82, 2.24) is 4.90 Å². The van der Waals surface area contributed by atoms with Gasteiger partial charge in [-0.15, -0.1) is 11.8 Å². The van der Waals surface area contributed by atoms with Gasteiger partial charge in [0.15, 0.2) is 0 Å². The van der Waals surface area contributed by atoms with Crippen molar-refractivity contribution >= 4 is 29.3 Å². The molecule has 0 aliphatic carbocycles. The van der Waals surface area contributed by atoms with E-state index in [1.807, 2.05) is 53.1 Å². The standard InChI is InChI=1S/C21H24N2O4S/c1-26-17-6-4-16(5-7-17)23-14-15(13-20(23)24)21(25)22-9-8-19(28-12-10-22)18-3-2-11-27-18/h2-7,11,15,19H,8-10,12-14H2,1H3. The van der Waals surface area contributed by atoms with Crippen molar-refractivity contribution in [2.45, 2.75) is 18.1 Å². The minimum atomic E-state index is -0.278. The zero-order valence-electron chi connectivity index (χ0n) is 15.9. The number of hydrogen-bond donors (Lipinski definition) is 0. The van der Waals surface area contributed by atoms with Crippen LogP contribution in [0.25, 0.3) is 0 Å². The largest absolute Gasteiger partial charge is 0.497 e. The Labute approximate surface area is 168 Å². The highest BCUT2D eigenvalue weighted by molar-refractivity contribution is 7.99. The lowest BCUT2D eigenvalue weighted by molar-refractivity contribution is -0.135. The number of benzene rings is 1. The van der Waals surface area contributed by atoms with E-state index in [0.717, 1.165) is 29.4 Å². The Bertz CT molecular complexity index is 821. The average Bonchev–Trinajstić information content (AvgIpc) is 3.32. The molecule has 2 saturated heterocycles. The van der Waals surface area contributed by atoms with Crippen LogP contribution in [0.3, 0.4) is 0 Å². The van der Waals surface area contributed by atoms with Crippen molar-refractivity contribution in [3.05, 3.63) is 48.4 Å². The number of anilines is 1. The van der Waals surface area contributed by atoms with Gasteiger partial charge < -0.3 is 19.0 Å². The van der Waals surface area contributed by atoms with Crippen LogP contribution in [0, 0.1) is 5.92 Å². The van der Waals surface area contributed by atoms with Crippen LogP contribution < -0.4 is 9.64 Å². The second-order valence-corrected chi connectivity index (χ2v) is 8.40. The van der Waals surface area contributed by atoms with Crippen molar-refractivity contribution < 1.29 is 18.7 Å². The number of nitrogens with zero attached hydrogens (tertiary/aromatic N) is 2. The number of thioether (sulfide) groups is 1. The molecule has 0 spiro atoms. The van der Waals surface area contributed by atoms with Crippen LogP contribution in [0.5, 0.6) is 5.75 Å².